The van der Waals surface area contributed by atoms with E-state index >= 15 is 0 Å². The number of hydrogen-bond acceptors (Lipinski definition) is 1. The molecule has 1 heterocycles. The second-order valence-electron chi connectivity index (χ2n) is 8.41. The van der Waals surface area contributed by atoms with Crippen LogP contribution < -0.4 is 0 Å². The first kappa shape index (κ1) is 24.2. The molecule has 1 radical (unpaired) electrons. The summed E-state index contributed by atoms with van der Waals surface area (Å²) in [5, 5.41) is 0. The van der Waals surface area contributed by atoms with Crippen molar-refractivity contribution in [1.82, 2.24) is 4.98 Å². The predicted molar refractivity (Wildman–Crippen MR) is 121 cm³/mol. The Balaban J connectivity index is 2.14. The fourth-order valence-electron chi connectivity index (χ4n) is 3.85. The van der Waals surface area contributed by atoms with Crippen LogP contribution in [0.2, 0.25) is 0 Å². The molecule has 0 N–H and O–H groups in total. The fraction of sp³-hybridized carbons (Fsp3) is 0.769. The van der Waals surface area contributed by atoms with Crippen molar-refractivity contribution >= 4 is 0 Å². The van der Waals surface area contributed by atoms with Crippen molar-refractivity contribution in [2.75, 3.05) is 0 Å². The Bertz CT molecular complexity index is 413. The average Bonchev–Trinajstić information content (AvgIpc) is 2.65. The van der Waals surface area contributed by atoms with E-state index in [2.05, 4.69) is 32.9 Å². The lowest BCUT2D eigenvalue weighted by Crippen LogP contribution is -1.98. The van der Waals surface area contributed by atoms with E-state index in [1.807, 2.05) is 0 Å². The van der Waals surface area contributed by atoms with Crippen molar-refractivity contribution in [2.45, 2.75) is 129 Å². The van der Waals surface area contributed by atoms with Crippen molar-refractivity contribution in [2.24, 2.45) is 0 Å². The number of nitrogens with zero attached hydrogens (tertiary/aromatic N) is 1. The van der Waals surface area contributed by atoms with Crippen LogP contribution in [-0.2, 0) is 12.8 Å². The van der Waals surface area contributed by atoms with Gasteiger partial charge >= 0.3 is 0 Å². The molecular weight excluding hydrogens is 326 g/mol. The highest BCUT2D eigenvalue weighted by Gasteiger charge is 2.02. The van der Waals surface area contributed by atoms with Crippen molar-refractivity contribution in [3.05, 3.63) is 36.0 Å². The Labute approximate surface area is 170 Å². The van der Waals surface area contributed by atoms with Crippen LogP contribution in [-0.4, -0.2) is 4.98 Å². The highest BCUT2D eigenvalue weighted by atomic mass is 14.7. The summed E-state index contributed by atoms with van der Waals surface area (Å²) in [6.45, 7) is 8.74. The van der Waals surface area contributed by atoms with Crippen molar-refractivity contribution in [1.29, 1.82) is 0 Å². The van der Waals surface area contributed by atoms with Gasteiger partial charge in [-0.3, -0.25) is 4.98 Å². The van der Waals surface area contributed by atoms with Crippen LogP contribution in [0.3, 0.4) is 0 Å². The second kappa shape index (κ2) is 17.3. The first-order valence-electron chi connectivity index (χ1n) is 12.1. The molecule has 0 bridgehead atoms. The highest BCUT2D eigenvalue weighted by molar-refractivity contribution is 5.24. The molecule has 0 aliphatic carbocycles. The molecular formula is C26H46N. The van der Waals surface area contributed by atoms with Gasteiger partial charge in [-0.15, -0.1) is 0 Å². The topological polar surface area (TPSA) is 12.9 Å². The molecule has 0 saturated carbocycles. The zero-order valence-electron chi connectivity index (χ0n) is 18.5. The smallest absolute Gasteiger partial charge is 0.0409 e. The van der Waals surface area contributed by atoms with Crippen LogP contribution in [0, 0.1) is 6.92 Å². The molecule has 0 saturated heterocycles. The monoisotopic (exact) mass is 372 g/mol. The molecule has 1 nitrogen and oxygen atoms in total. The van der Waals surface area contributed by atoms with E-state index < -0.39 is 0 Å². The third-order valence-electron chi connectivity index (χ3n) is 5.56. The number of hydrogen-bond donors (Lipinski definition) is 0. The van der Waals surface area contributed by atoms with Crippen LogP contribution in [0.1, 0.15) is 134 Å². The maximum atomic E-state index is 4.91. The van der Waals surface area contributed by atoms with Crippen LogP contribution in [0.4, 0.5) is 0 Å². The van der Waals surface area contributed by atoms with Gasteiger partial charge in [0.25, 0.3) is 0 Å². The van der Waals surface area contributed by atoms with Gasteiger partial charge in [0.2, 0.25) is 0 Å². The van der Waals surface area contributed by atoms with Crippen LogP contribution in [0.25, 0.3) is 0 Å². The normalized spacial score (nSPS) is 11.2. The minimum absolute atomic E-state index is 1.13. The molecule has 0 atom stereocenters. The molecule has 27 heavy (non-hydrogen) atoms. The van der Waals surface area contributed by atoms with Gasteiger partial charge in [-0.05, 0) is 50.3 Å². The van der Waals surface area contributed by atoms with E-state index in [4.69, 9.17) is 4.98 Å². The zero-order chi connectivity index (χ0) is 19.6. The Hall–Kier alpha value is -0.850. The van der Waals surface area contributed by atoms with Gasteiger partial charge in [-0.25, -0.2) is 0 Å². The van der Waals surface area contributed by atoms with E-state index in [0.717, 1.165) is 18.4 Å². The van der Waals surface area contributed by atoms with Crippen LogP contribution in [0.5, 0.6) is 0 Å². The van der Waals surface area contributed by atoms with Crippen LogP contribution in [0.15, 0.2) is 12.1 Å². The SMILES string of the molecule is [CH2]c1cc(CCCCCCCCCC)nc(CCCCCCCCCC)c1. The van der Waals surface area contributed by atoms with Gasteiger partial charge in [-0.2, -0.15) is 0 Å². The highest BCUT2D eigenvalue weighted by Crippen LogP contribution is 2.15. The summed E-state index contributed by atoms with van der Waals surface area (Å²) in [6.07, 6.45) is 24.3. The Morgan fingerprint density at radius 2 is 0.889 bits per heavy atom. The standard InChI is InChI=1S/C26H46N/c1-4-6-8-10-12-14-16-18-20-25-22-24(3)23-26(27-25)21-19-17-15-13-11-9-7-5-2/h22-23H,3-21H2,1-2H3. The molecule has 0 spiro atoms. The van der Waals surface area contributed by atoms with Gasteiger partial charge in [0, 0.05) is 11.4 Å². The number of pyridine rings is 1. The molecule has 1 heteroatoms. The van der Waals surface area contributed by atoms with Crippen molar-refractivity contribution in [3.63, 3.8) is 0 Å². The molecule has 0 aromatic carbocycles. The van der Waals surface area contributed by atoms with E-state index in [-0.39, 0.29) is 0 Å². The molecule has 0 aliphatic heterocycles. The summed E-state index contributed by atoms with van der Waals surface area (Å²) in [4.78, 5) is 4.91. The van der Waals surface area contributed by atoms with Gasteiger partial charge in [0.1, 0.15) is 0 Å². The minimum atomic E-state index is 1.13. The molecule has 0 amide bonds. The molecule has 1 aromatic rings. The summed E-state index contributed by atoms with van der Waals surface area (Å²) in [6, 6.07) is 4.39. The number of aryl methyl sites for hydroxylation is 2. The molecule has 1 aromatic heterocycles. The molecule has 155 valence electrons. The number of unbranched alkanes of at least 4 members (excludes halogenated alkanes) is 14. The Morgan fingerprint density at radius 3 is 1.26 bits per heavy atom. The van der Waals surface area contributed by atoms with Gasteiger partial charge in [-0.1, -0.05) is 104 Å². The molecule has 0 aliphatic rings. The van der Waals surface area contributed by atoms with Crippen molar-refractivity contribution < 1.29 is 0 Å². The van der Waals surface area contributed by atoms with E-state index in [1.165, 1.54) is 114 Å². The first-order valence-corrected chi connectivity index (χ1v) is 12.1. The molecule has 1 rings (SSSR count). The summed E-state index contributed by atoms with van der Waals surface area (Å²) in [5.74, 6) is 0. The number of rotatable bonds is 18. The largest absolute Gasteiger partial charge is 0.258 e. The van der Waals surface area contributed by atoms with Crippen molar-refractivity contribution in [3.8, 4) is 0 Å². The minimum Gasteiger partial charge on any atom is -0.258 e. The van der Waals surface area contributed by atoms with E-state index in [9.17, 15) is 0 Å². The lowest BCUT2D eigenvalue weighted by molar-refractivity contribution is 0.570. The first-order chi connectivity index (χ1) is 13.3. The van der Waals surface area contributed by atoms with E-state index in [1.54, 1.807) is 0 Å². The summed E-state index contributed by atoms with van der Waals surface area (Å²) in [7, 11) is 0. The lowest BCUT2D eigenvalue weighted by Gasteiger charge is -2.07. The zero-order valence-corrected chi connectivity index (χ0v) is 18.5. The maximum absolute atomic E-state index is 4.91. The second-order valence-corrected chi connectivity index (χ2v) is 8.41. The quantitative estimate of drug-likeness (QED) is 0.235. The average molecular weight is 373 g/mol. The van der Waals surface area contributed by atoms with Gasteiger partial charge < -0.3 is 0 Å². The maximum Gasteiger partial charge on any atom is 0.0409 e. The Kier molecular flexibility index (Phi) is 15.5. The van der Waals surface area contributed by atoms with Gasteiger partial charge in [0.05, 0.1) is 0 Å². The predicted octanol–water partition coefficient (Wildman–Crippen LogP) is 8.63. The summed E-state index contributed by atoms with van der Waals surface area (Å²) in [5.41, 5.74) is 3.68. The Morgan fingerprint density at radius 1 is 0.556 bits per heavy atom. The third kappa shape index (κ3) is 13.9. The summed E-state index contributed by atoms with van der Waals surface area (Å²) < 4.78 is 0. The summed E-state index contributed by atoms with van der Waals surface area (Å²) >= 11 is 0. The molecule has 0 fully saturated rings. The third-order valence-corrected chi connectivity index (χ3v) is 5.56. The van der Waals surface area contributed by atoms with Crippen LogP contribution >= 0.6 is 0 Å². The fourth-order valence-corrected chi connectivity index (χ4v) is 3.85. The lowest BCUT2D eigenvalue weighted by atomic mass is 10.0. The van der Waals surface area contributed by atoms with Gasteiger partial charge in [0.15, 0.2) is 0 Å². The molecule has 0 unspecified atom stereocenters. The van der Waals surface area contributed by atoms with E-state index in [0.29, 0.717) is 0 Å². The number of aromatic nitrogens is 1.